The molecule has 0 bridgehead atoms. The number of hydrogen-bond acceptors (Lipinski definition) is 2. The number of rotatable bonds is 1. The third-order valence-corrected chi connectivity index (χ3v) is 1.66. The first-order valence-electron chi connectivity index (χ1n) is 3.82. The molecular weight excluding hydrogens is 162 g/mol. The molecule has 0 radical (unpaired) electrons. The standard InChI is InChI=1S/C10H7N3/c1-2-9-6-12-13(8-9)10-4-3-5-11-7-10/h1,3-8H. The van der Waals surface area contributed by atoms with Gasteiger partial charge in [-0.1, -0.05) is 5.92 Å². The van der Waals surface area contributed by atoms with Crippen molar-refractivity contribution in [1.29, 1.82) is 0 Å². The Morgan fingerprint density at radius 3 is 2.92 bits per heavy atom. The quantitative estimate of drug-likeness (QED) is 0.601. The zero-order valence-corrected chi connectivity index (χ0v) is 6.88. The lowest BCUT2D eigenvalue weighted by atomic mass is 10.4. The lowest BCUT2D eigenvalue weighted by Crippen LogP contribution is -1.93. The SMILES string of the molecule is C#Cc1cnn(-c2cccnc2)c1. The Kier molecular flexibility index (Phi) is 1.81. The van der Waals surface area contributed by atoms with E-state index in [1.54, 1.807) is 29.5 Å². The second-order valence-corrected chi connectivity index (χ2v) is 2.53. The van der Waals surface area contributed by atoms with E-state index in [-0.39, 0.29) is 0 Å². The van der Waals surface area contributed by atoms with Crippen molar-refractivity contribution in [2.45, 2.75) is 0 Å². The summed E-state index contributed by atoms with van der Waals surface area (Å²) in [6.45, 7) is 0. The van der Waals surface area contributed by atoms with Crippen LogP contribution in [-0.2, 0) is 0 Å². The van der Waals surface area contributed by atoms with Crippen molar-refractivity contribution < 1.29 is 0 Å². The van der Waals surface area contributed by atoms with Crippen molar-refractivity contribution in [1.82, 2.24) is 14.8 Å². The smallest absolute Gasteiger partial charge is 0.0829 e. The maximum absolute atomic E-state index is 5.22. The summed E-state index contributed by atoms with van der Waals surface area (Å²) in [6.07, 6.45) is 12.1. The van der Waals surface area contributed by atoms with E-state index in [2.05, 4.69) is 16.0 Å². The molecule has 0 N–H and O–H groups in total. The van der Waals surface area contributed by atoms with Gasteiger partial charge in [-0.05, 0) is 12.1 Å². The molecule has 0 aliphatic rings. The fourth-order valence-corrected chi connectivity index (χ4v) is 1.03. The summed E-state index contributed by atoms with van der Waals surface area (Å²) >= 11 is 0. The molecule has 0 unspecified atom stereocenters. The molecule has 2 aromatic rings. The lowest BCUT2D eigenvalue weighted by Gasteiger charge is -1.97. The summed E-state index contributed by atoms with van der Waals surface area (Å²) in [6, 6.07) is 3.77. The van der Waals surface area contributed by atoms with Gasteiger partial charge < -0.3 is 0 Å². The first-order chi connectivity index (χ1) is 6.40. The van der Waals surface area contributed by atoms with Gasteiger partial charge >= 0.3 is 0 Å². The van der Waals surface area contributed by atoms with Crippen LogP contribution in [0.2, 0.25) is 0 Å². The molecule has 3 heteroatoms. The number of pyridine rings is 1. The second-order valence-electron chi connectivity index (χ2n) is 2.53. The molecule has 13 heavy (non-hydrogen) atoms. The first-order valence-corrected chi connectivity index (χ1v) is 3.82. The van der Waals surface area contributed by atoms with Crippen LogP contribution >= 0.6 is 0 Å². The minimum atomic E-state index is 0.767. The number of nitrogens with zero attached hydrogens (tertiary/aromatic N) is 3. The molecule has 0 amide bonds. The Bertz CT molecular complexity index is 437. The van der Waals surface area contributed by atoms with Crippen LogP contribution < -0.4 is 0 Å². The van der Waals surface area contributed by atoms with E-state index < -0.39 is 0 Å². The average Bonchev–Trinajstić information content (AvgIpc) is 2.67. The topological polar surface area (TPSA) is 30.7 Å². The largest absolute Gasteiger partial charge is 0.262 e. The summed E-state index contributed by atoms with van der Waals surface area (Å²) in [5.41, 5.74) is 1.67. The molecule has 0 aromatic carbocycles. The van der Waals surface area contributed by atoms with Crippen molar-refractivity contribution in [3.05, 3.63) is 42.5 Å². The van der Waals surface area contributed by atoms with E-state index in [1.165, 1.54) is 0 Å². The van der Waals surface area contributed by atoms with Gasteiger partial charge in [-0.25, -0.2) is 4.68 Å². The third kappa shape index (κ3) is 1.42. The average molecular weight is 169 g/mol. The maximum Gasteiger partial charge on any atom is 0.0829 e. The summed E-state index contributed by atoms with van der Waals surface area (Å²) in [5, 5.41) is 4.09. The zero-order chi connectivity index (χ0) is 9.10. The normalized spacial score (nSPS) is 9.46. The number of aromatic nitrogens is 3. The van der Waals surface area contributed by atoms with Crippen LogP contribution in [0, 0.1) is 12.3 Å². The molecule has 2 aromatic heterocycles. The van der Waals surface area contributed by atoms with Gasteiger partial charge in [0.05, 0.1) is 23.6 Å². The van der Waals surface area contributed by atoms with Crippen LogP contribution in [0.5, 0.6) is 0 Å². The second kappa shape index (κ2) is 3.11. The van der Waals surface area contributed by atoms with E-state index >= 15 is 0 Å². The van der Waals surface area contributed by atoms with Crippen LogP contribution in [0.25, 0.3) is 5.69 Å². The Morgan fingerprint density at radius 1 is 1.38 bits per heavy atom. The van der Waals surface area contributed by atoms with Crippen LogP contribution in [0.4, 0.5) is 0 Å². The van der Waals surface area contributed by atoms with Gasteiger partial charge in [-0.15, -0.1) is 6.42 Å². The van der Waals surface area contributed by atoms with E-state index in [4.69, 9.17) is 6.42 Å². The van der Waals surface area contributed by atoms with Crippen molar-refractivity contribution in [3.8, 4) is 18.0 Å². The Morgan fingerprint density at radius 2 is 2.31 bits per heavy atom. The molecule has 0 spiro atoms. The molecule has 0 saturated heterocycles. The van der Waals surface area contributed by atoms with Crippen LogP contribution in [0.1, 0.15) is 5.56 Å². The fourth-order valence-electron chi connectivity index (χ4n) is 1.03. The van der Waals surface area contributed by atoms with E-state index in [9.17, 15) is 0 Å². The summed E-state index contributed by atoms with van der Waals surface area (Å²) < 4.78 is 1.70. The number of hydrogen-bond donors (Lipinski definition) is 0. The van der Waals surface area contributed by atoms with Crippen molar-refractivity contribution in [3.63, 3.8) is 0 Å². The highest BCUT2D eigenvalue weighted by Crippen LogP contribution is 2.04. The Balaban J connectivity index is 2.43. The summed E-state index contributed by atoms with van der Waals surface area (Å²) in [5.74, 6) is 2.51. The maximum atomic E-state index is 5.22. The monoisotopic (exact) mass is 169 g/mol. The van der Waals surface area contributed by atoms with Gasteiger partial charge in [-0.2, -0.15) is 5.10 Å². The summed E-state index contributed by atoms with van der Waals surface area (Å²) in [4.78, 5) is 3.98. The van der Waals surface area contributed by atoms with E-state index in [0.717, 1.165) is 11.3 Å². The van der Waals surface area contributed by atoms with E-state index in [1.807, 2.05) is 12.1 Å². The molecule has 2 heterocycles. The fraction of sp³-hybridized carbons (Fsp3) is 0. The van der Waals surface area contributed by atoms with Gasteiger partial charge in [0.1, 0.15) is 0 Å². The first kappa shape index (κ1) is 7.56. The Labute approximate surface area is 76.0 Å². The molecular formula is C10H7N3. The highest BCUT2D eigenvalue weighted by Gasteiger charge is 1.97. The third-order valence-electron chi connectivity index (χ3n) is 1.66. The molecule has 0 aliphatic carbocycles. The molecule has 62 valence electrons. The van der Waals surface area contributed by atoms with Crippen LogP contribution in [0.15, 0.2) is 36.9 Å². The van der Waals surface area contributed by atoms with Crippen LogP contribution in [-0.4, -0.2) is 14.8 Å². The lowest BCUT2D eigenvalue weighted by molar-refractivity contribution is 0.874. The molecule has 0 saturated carbocycles. The van der Waals surface area contributed by atoms with Crippen molar-refractivity contribution in [2.24, 2.45) is 0 Å². The highest BCUT2D eigenvalue weighted by atomic mass is 15.3. The van der Waals surface area contributed by atoms with Gasteiger partial charge in [0, 0.05) is 12.4 Å². The van der Waals surface area contributed by atoms with Gasteiger partial charge in [0.15, 0.2) is 0 Å². The molecule has 3 nitrogen and oxygen atoms in total. The van der Waals surface area contributed by atoms with Crippen molar-refractivity contribution >= 4 is 0 Å². The molecule has 2 rings (SSSR count). The highest BCUT2D eigenvalue weighted by molar-refractivity contribution is 5.32. The predicted octanol–water partition coefficient (Wildman–Crippen LogP) is 1.25. The summed E-state index contributed by atoms with van der Waals surface area (Å²) in [7, 11) is 0. The minimum Gasteiger partial charge on any atom is -0.262 e. The predicted molar refractivity (Wildman–Crippen MR) is 49.3 cm³/mol. The van der Waals surface area contributed by atoms with Crippen LogP contribution in [0.3, 0.4) is 0 Å². The van der Waals surface area contributed by atoms with Gasteiger partial charge in [-0.3, -0.25) is 4.98 Å². The Hall–Kier alpha value is -2.08. The van der Waals surface area contributed by atoms with Gasteiger partial charge in [0.2, 0.25) is 0 Å². The minimum absolute atomic E-state index is 0.767. The van der Waals surface area contributed by atoms with Crippen molar-refractivity contribution in [2.75, 3.05) is 0 Å². The molecule has 0 fully saturated rings. The molecule has 0 aliphatic heterocycles. The number of terminal acetylenes is 1. The zero-order valence-electron chi connectivity index (χ0n) is 6.88. The van der Waals surface area contributed by atoms with Gasteiger partial charge in [0.25, 0.3) is 0 Å². The molecule has 0 atom stereocenters. The van der Waals surface area contributed by atoms with E-state index in [0.29, 0.717) is 0 Å².